The molecule has 0 aliphatic rings. The third kappa shape index (κ3) is 5.06. The van der Waals surface area contributed by atoms with Gasteiger partial charge in [0.2, 0.25) is 16.2 Å². The summed E-state index contributed by atoms with van der Waals surface area (Å²) in [6.45, 7) is 4.04. The summed E-state index contributed by atoms with van der Waals surface area (Å²) in [7, 11) is 0. The Balaban J connectivity index is 1.48. The molecule has 0 aromatic carbocycles. The van der Waals surface area contributed by atoms with E-state index >= 15 is 0 Å². The second kappa shape index (κ2) is 8.66. The Morgan fingerprint density at radius 1 is 1.12 bits per heavy atom. The van der Waals surface area contributed by atoms with Crippen molar-refractivity contribution in [2.45, 2.75) is 24.1 Å². The molecule has 3 heterocycles. The number of nitrogens with zero attached hydrogens (tertiary/aromatic N) is 4. The average molecular weight is 427 g/mol. The molecule has 12 heteroatoms. The summed E-state index contributed by atoms with van der Waals surface area (Å²) in [5, 5.41) is 24.9. The Kier molecular flexibility index (Phi) is 6.29. The van der Waals surface area contributed by atoms with Crippen LogP contribution in [0.3, 0.4) is 0 Å². The molecule has 136 valence electrons. The molecule has 26 heavy (non-hydrogen) atoms. The van der Waals surface area contributed by atoms with Crippen LogP contribution < -0.4 is 10.6 Å². The molecule has 0 radical (unpaired) electrons. The van der Waals surface area contributed by atoms with E-state index in [1.807, 2.05) is 25.3 Å². The molecule has 3 aromatic heterocycles. The van der Waals surface area contributed by atoms with Gasteiger partial charge in [0.05, 0.1) is 10.6 Å². The molecule has 0 saturated heterocycles. The van der Waals surface area contributed by atoms with Gasteiger partial charge in [-0.05, 0) is 11.4 Å². The number of aromatic nitrogens is 4. The summed E-state index contributed by atoms with van der Waals surface area (Å²) in [5.74, 6) is 0.0321. The molecule has 0 fully saturated rings. The molecular formula is C14H14N6O2S4. The lowest BCUT2D eigenvalue weighted by molar-refractivity contribution is -0.113. The first-order chi connectivity index (χ1) is 12.5. The van der Waals surface area contributed by atoms with Gasteiger partial charge in [-0.2, -0.15) is 0 Å². The molecule has 0 unspecified atom stereocenters. The van der Waals surface area contributed by atoms with E-state index in [0.29, 0.717) is 19.5 Å². The highest BCUT2D eigenvalue weighted by Crippen LogP contribution is 2.27. The average Bonchev–Trinajstić information content (AvgIpc) is 3.34. The van der Waals surface area contributed by atoms with Crippen LogP contribution in [0.15, 0.2) is 21.9 Å². The molecule has 0 atom stereocenters. The highest BCUT2D eigenvalue weighted by Gasteiger charge is 2.14. The molecule has 0 aliphatic carbocycles. The highest BCUT2D eigenvalue weighted by molar-refractivity contribution is 8.01. The van der Waals surface area contributed by atoms with Crippen molar-refractivity contribution in [3.63, 3.8) is 0 Å². The zero-order chi connectivity index (χ0) is 18.5. The Bertz CT molecular complexity index is 889. The molecule has 0 bridgehead atoms. The first-order valence-electron chi connectivity index (χ1n) is 7.45. The molecule has 2 amide bonds. The van der Waals surface area contributed by atoms with Crippen LogP contribution in [0.25, 0.3) is 0 Å². The van der Waals surface area contributed by atoms with Gasteiger partial charge in [-0.1, -0.05) is 54.3 Å². The lowest BCUT2D eigenvalue weighted by Gasteiger charge is -1.99. The van der Waals surface area contributed by atoms with Crippen molar-refractivity contribution in [3.05, 3.63) is 27.4 Å². The Morgan fingerprint density at radius 2 is 1.88 bits per heavy atom. The summed E-state index contributed by atoms with van der Waals surface area (Å²) in [6, 6.07) is 3.54. The predicted octanol–water partition coefficient (Wildman–Crippen LogP) is 3.56. The topological polar surface area (TPSA) is 110 Å². The maximum Gasteiger partial charge on any atom is 0.267 e. The second-order valence-corrected chi connectivity index (χ2v) is 9.40. The first kappa shape index (κ1) is 18.9. The van der Waals surface area contributed by atoms with Crippen LogP contribution in [0.4, 0.5) is 10.3 Å². The van der Waals surface area contributed by atoms with Crippen LogP contribution in [-0.2, 0) is 4.79 Å². The molecule has 0 saturated carbocycles. The second-order valence-electron chi connectivity index (χ2n) is 5.24. The number of nitrogens with one attached hydrogen (secondary N) is 2. The van der Waals surface area contributed by atoms with E-state index in [0.717, 1.165) is 5.01 Å². The minimum Gasteiger partial charge on any atom is -0.300 e. The fourth-order valence-electron chi connectivity index (χ4n) is 1.69. The number of anilines is 2. The number of thioether (sulfide) groups is 1. The van der Waals surface area contributed by atoms with Crippen LogP contribution in [0, 0.1) is 0 Å². The van der Waals surface area contributed by atoms with Crippen LogP contribution >= 0.6 is 45.8 Å². The molecule has 0 spiro atoms. The number of amides is 2. The molecule has 0 aliphatic heterocycles. The molecule has 3 rings (SSSR count). The smallest absolute Gasteiger partial charge is 0.267 e. The molecule has 8 nitrogen and oxygen atoms in total. The number of rotatable bonds is 7. The van der Waals surface area contributed by atoms with Crippen molar-refractivity contribution >= 4 is 67.8 Å². The Hall–Kier alpha value is -1.89. The maximum absolute atomic E-state index is 12.0. The Morgan fingerprint density at radius 3 is 2.58 bits per heavy atom. The summed E-state index contributed by atoms with van der Waals surface area (Å²) >= 11 is 5.19. The van der Waals surface area contributed by atoms with Crippen molar-refractivity contribution in [1.82, 2.24) is 20.4 Å². The van der Waals surface area contributed by atoms with Gasteiger partial charge in [-0.3, -0.25) is 20.2 Å². The molecular weight excluding hydrogens is 412 g/mol. The van der Waals surface area contributed by atoms with Gasteiger partial charge in [-0.25, -0.2) is 0 Å². The van der Waals surface area contributed by atoms with E-state index in [1.165, 1.54) is 45.8 Å². The third-order valence-electron chi connectivity index (χ3n) is 2.88. The van der Waals surface area contributed by atoms with E-state index in [4.69, 9.17) is 0 Å². The van der Waals surface area contributed by atoms with Gasteiger partial charge >= 0.3 is 0 Å². The number of hydrogen-bond donors (Lipinski definition) is 2. The first-order valence-corrected chi connectivity index (χ1v) is 11.0. The largest absolute Gasteiger partial charge is 0.300 e. The van der Waals surface area contributed by atoms with Crippen LogP contribution in [-0.4, -0.2) is 38.0 Å². The van der Waals surface area contributed by atoms with Crippen molar-refractivity contribution in [2.75, 3.05) is 16.4 Å². The standard InChI is InChI=1S/C14H14N6O2S4/c1-7(2)11-17-18-12(25-11)15-9(21)6-24-14-20-19-13(26-14)16-10(22)8-4-3-5-23-8/h3-5,7H,6H2,1-2H3,(H,15,18,21)(H,16,19,22). The SMILES string of the molecule is CC(C)c1nnc(NC(=O)CSc2nnc(NC(=O)c3cccs3)s2)s1. The fourth-order valence-corrected chi connectivity index (χ4v) is 4.61. The number of hydrogen-bond acceptors (Lipinski definition) is 10. The summed E-state index contributed by atoms with van der Waals surface area (Å²) in [4.78, 5) is 24.6. The third-order valence-corrected chi connectivity index (χ3v) is 6.86. The quantitative estimate of drug-likeness (QED) is 0.439. The minimum atomic E-state index is -0.220. The van der Waals surface area contributed by atoms with Gasteiger partial charge < -0.3 is 0 Å². The van der Waals surface area contributed by atoms with Crippen molar-refractivity contribution < 1.29 is 9.59 Å². The summed E-state index contributed by atoms with van der Waals surface area (Å²) in [5.41, 5.74) is 0. The van der Waals surface area contributed by atoms with Gasteiger partial charge in [0.1, 0.15) is 5.01 Å². The van der Waals surface area contributed by atoms with Crippen LogP contribution in [0.2, 0.25) is 0 Å². The predicted molar refractivity (Wildman–Crippen MR) is 106 cm³/mol. The highest BCUT2D eigenvalue weighted by atomic mass is 32.2. The zero-order valence-electron chi connectivity index (χ0n) is 13.8. The monoisotopic (exact) mass is 426 g/mol. The van der Waals surface area contributed by atoms with Crippen molar-refractivity contribution in [3.8, 4) is 0 Å². The fraction of sp³-hybridized carbons (Fsp3) is 0.286. The van der Waals surface area contributed by atoms with E-state index in [1.54, 1.807) is 6.07 Å². The number of carbonyl (C=O) groups is 2. The van der Waals surface area contributed by atoms with Crippen molar-refractivity contribution in [2.24, 2.45) is 0 Å². The van der Waals surface area contributed by atoms with Gasteiger partial charge in [0, 0.05) is 5.92 Å². The minimum absolute atomic E-state index is 0.171. The van der Waals surface area contributed by atoms with Gasteiger partial charge in [-0.15, -0.1) is 31.7 Å². The molecule has 2 N–H and O–H groups in total. The van der Waals surface area contributed by atoms with E-state index < -0.39 is 0 Å². The maximum atomic E-state index is 12.0. The number of carbonyl (C=O) groups excluding carboxylic acids is 2. The van der Waals surface area contributed by atoms with Gasteiger partial charge in [0.25, 0.3) is 5.91 Å². The summed E-state index contributed by atoms with van der Waals surface area (Å²) in [6.07, 6.45) is 0. The van der Waals surface area contributed by atoms with Gasteiger partial charge in [0.15, 0.2) is 4.34 Å². The Labute approximate surface area is 165 Å². The molecule has 3 aromatic rings. The van der Waals surface area contributed by atoms with Crippen LogP contribution in [0.5, 0.6) is 0 Å². The van der Waals surface area contributed by atoms with E-state index in [-0.39, 0.29) is 23.5 Å². The zero-order valence-corrected chi connectivity index (χ0v) is 17.0. The summed E-state index contributed by atoms with van der Waals surface area (Å²) < 4.78 is 0.599. The normalized spacial score (nSPS) is 10.9. The van der Waals surface area contributed by atoms with E-state index in [9.17, 15) is 9.59 Å². The lowest BCUT2D eigenvalue weighted by Crippen LogP contribution is -2.13. The number of thiophene rings is 1. The van der Waals surface area contributed by atoms with Crippen LogP contribution in [0.1, 0.15) is 34.4 Å². The lowest BCUT2D eigenvalue weighted by atomic mass is 10.2. The van der Waals surface area contributed by atoms with Crippen molar-refractivity contribution in [1.29, 1.82) is 0 Å². The van der Waals surface area contributed by atoms with E-state index in [2.05, 4.69) is 31.0 Å².